The Hall–Kier alpha value is -0.370. The molecule has 0 atom stereocenters. The zero-order chi connectivity index (χ0) is 16.2. The van der Waals surface area contributed by atoms with Gasteiger partial charge in [0.05, 0.1) is 9.21 Å². The van der Waals surface area contributed by atoms with Crippen molar-refractivity contribution < 1.29 is 4.79 Å². The van der Waals surface area contributed by atoms with Crippen LogP contribution in [0.25, 0.3) is 9.88 Å². The van der Waals surface area contributed by atoms with Crippen molar-refractivity contribution in [3.05, 3.63) is 27.5 Å². The van der Waals surface area contributed by atoms with Crippen LogP contribution in [0.3, 0.4) is 0 Å². The minimum atomic E-state index is 0. The van der Waals surface area contributed by atoms with Crippen molar-refractivity contribution >= 4 is 65.0 Å². The molecule has 0 radical (unpaired) electrons. The number of nitrogens with one attached hydrogen (secondary N) is 1. The minimum absolute atomic E-state index is 0. The maximum Gasteiger partial charge on any atom is 0.273 e. The average molecular weight is 443 g/mol. The lowest BCUT2D eigenvalue weighted by atomic mass is 10.0. The highest BCUT2D eigenvalue weighted by molar-refractivity contribution is 7.23. The van der Waals surface area contributed by atoms with E-state index in [0.29, 0.717) is 11.7 Å². The van der Waals surface area contributed by atoms with Crippen molar-refractivity contribution in [3.8, 4) is 9.88 Å². The summed E-state index contributed by atoms with van der Waals surface area (Å²) in [6, 6.07) is 4.14. The molecular weight excluding hydrogens is 421 g/mol. The molecule has 1 aliphatic rings. The summed E-state index contributed by atoms with van der Waals surface area (Å²) in [5.41, 5.74) is 0.557. The largest absolute Gasteiger partial charge is 0.334 e. The highest BCUT2D eigenvalue weighted by Crippen LogP contribution is 2.33. The number of hydrogen-bond acceptors (Lipinski definition) is 5. The highest BCUT2D eigenvalue weighted by atomic mass is 35.5. The quantitative estimate of drug-likeness (QED) is 0.711. The SMILES string of the molecule is CCCN(C(=O)c1csc(-c2ccc(Cl)s2)n1)C1CCNCC1.Cl.Cl. The third-order valence-electron chi connectivity index (χ3n) is 3.98. The molecule has 0 spiro atoms. The number of nitrogens with zero attached hydrogens (tertiary/aromatic N) is 2. The number of hydrogen-bond donors (Lipinski definition) is 1. The first-order chi connectivity index (χ1) is 11.2. The molecule has 140 valence electrons. The Bertz CT molecular complexity index is 671. The van der Waals surface area contributed by atoms with Crippen molar-refractivity contribution in [2.45, 2.75) is 32.2 Å². The van der Waals surface area contributed by atoms with E-state index >= 15 is 0 Å². The van der Waals surface area contributed by atoms with Gasteiger partial charge in [0, 0.05) is 18.0 Å². The van der Waals surface area contributed by atoms with E-state index in [4.69, 9.17) is 11.6 Å². The Labute approximate surface area is 173 Å². The lowest BCUT2D eigenvalue weighted by Crippen LogP contribution is -2.46. The minimum Gasteiger partial charge on any atom is -0.334 e. The van der Waals surface area contributed by atoms with Gasteiger partial charge < -0.3 is 10.2 Å². The summed E-state index contributed by atoms with van der Waals surface area (Å²) in [7, 11) is 0. The molecule has 0 unspecified atom stereocenters. The van der Waals surface area contributed by atoms with Crippen LogP contribution in [-0.4, -0.2) is 41.5 Å². The van der Waals surface area contributed by atoms with E-state index in [1.165, 1.54) is 22.7 Å². The van der Waals surface area contributed by atoms with Crippen molar-refractivity contribution in [2.75, 3.05) is 19.6 Å². The van der Waals surface area contributed by atoms with Crippen LogP contribution in [-0.2, 0) is 0 Å². The molecule has 0 aromatic carbocycles. The normalized spacial score (nSPS) is 14.5. The number of piperidine rings is 1. The van der Waals surface area contributed by atoms with Gasteiger partial charge in [0.25, 0.3) is 5.91 Å². The molecule has 9 heteroatoms. The summed E-state index contributed by atoms with van der Waals surface area (Å²) < 4.78 is 0.741. The molecular formula is C16H22Cl3N3OS2. The fourth-order valence-corrected chi connectivity index (χ4v) is 4.78. The van der Waals surface area contributed by atoms with E-state index in [1.54, 1.807) is 0 Å². The first kappa shape index (κ1) is 22.7. The third-order valence-corrected chi connectivity index (χ3v) is 6.22. The Morgan fingerprint density at radius 3 is 2.68 bits per heavy atom. The van der Waals surface area contributed by atoms with E-state index in [0.717, 1.165) is 53.1 Å². The van der Waals surface area contributed by atoms with Crippen LogP contribution in [0.2, 0.25) is 4.34 Å². The second kappa shape index (κ2) is 10.7. The van der Waals surface area contributed by atoms with E-state index in [1.807, 2.05) is 22.4 Å². The molecule has 25 heavy (non-hydrogen) atoms. The van der Waals surface area contributed by atoms with Gasteiger partial charge in [-0.2, -0.15) is 0 Å². The number of carbonyl (C=O) groups is 1. The summed E-state index contributed by atoms with van der Waals surface area (Å²) in [6.45, 7) is 4.87. The van der Waals surface area contributed by atoms with Gasteiger partial charge in [-0.05, 0) is 44.5 Å². The molecule has 0 bridgehead atoms. The topological polar surface area (TPSA) is 45.2 Å². The zero-order valence-electron chi connectivity index (χ0n) is 13.9. The second-order valence-electron chi connectivity index (χ2n) is 5.62. The molecule has 0 aliphatic carbocycles. The van der Waals surface area contributed by atoms with E-state index in [9.17, 15) is 4.79 Å². The van der Waals surface area contributed by atoms with Crippen molar-refractivity contribution in [1.82, 2.24) is 15.2 Å². The monoisotopic (exact) mass is 441 g/mol. The van der Waals surface area contributed by atoms with Crippen LogP contribution < -0.4 is 5.32 Å². The maximum absolute atomic E-state index is 12.9. The molecule has 2 aromatic heterocycles. The fourth-order valence-electron chi connectivity index (χ4n) is 2.87. The van der Waals surface area contributed by atoms with Gasteiger partial charge in [-0.3, -0.25) is 4.79 Å². The molecule has 1 N–H and O–H groups in total. The molecule has 3 rings (SSSR count). The third kappa shape index (κ3) is 5.55. The van der Waals surface area contributed by atoms with Crippen LogP contribution in [0, 0.1) is 0 Å². The van der Waals surface area contributed by atoms with Crippen LogP contribution in [0.15, 0.2) is 17.5 Å². The summed E-state index contributed by atoms with van der Waals surface area (Å²) >= 11 is 8.99. The number of amides is 1. The Balaban J connectivity index is 0.00000156. The zero-order valence-corrected chi connectivity index (χ0v) is 17.9. The van der Waals surface area contributed by atoms with Gasteiger partial charge >= 0.3 is 0 Å². The predicted octanol–water partition coefficient (Wildman–Crippen LogP) is 4.97. The van der Waals surface area contributed by atoms with Gasteiger partial charge in [0.15, 0.2) is 0 Å². The first-order valence-corrected chi connectivity index (χ1v) is 9.99. The predicted molar refractivity (Wildman–Crippen MR) is 112 cm³/mol. The molecule has 3 heterocycles. The lowest BCUT2D eigenvalue weighted by Gasteiger charge is -2.34. The first-order valence-electron chi connectivity index (χ1n) is 7.92. The van der Waals surface area contributed by atoms with Crippen LogP contribution in [0.4, 0.5) is 0 Å². The maximum atomic E-state index is 12.9. The lowest BCUT2D eigenvalue weighted by molar-refractivity contribution is 0.0637. The Morgan fingerprint density at radius 1 is 1.36 bits per heavy atom. The second-order valence-corrected chi connectivity index (χ2v) is 8.19. The van der Waals surface area contributed by atoms with Crippen LogP contribution >= 0.6 is 59.1 Å². The Morgan fingerprint density at radius 2 is 2.08 bits per heavy atom. The van der Waals surface area contributed by atoms with Gasteiger partial charge in [0.2, 0.25) is 0 Å². The smallest absolute Gasteiger partial charge is 0.273 e. The van der Waals surface area contributed by atoms with E-state index in [-0.39, 0.29) is 30.7 Å². The van der Waals surface area contributed by atoms with Gasteiger partial charge in [0.1, 0.15) is 10.7 Å². The molecule has 1 saturated heterocycles. The van der Waals surface area contributed by atoms with E-state index in [2.05, 4.69) is 17.2 Å². The van der Waals surface area contributed by atoms with Crippen molar-refractivity contribution in [2.24, 2.45) is 0 Å². The molecule has 1 fully saturated rings. The highest BCUT2D eigenvalue weighted by Gasteiger charge is 2.27. The molecule has 1 aliphatic heterocycles. The average Bonchev–Trinajstić information content (AvgIpc) is 3.21. The van der Waals surface area contributed by atoms with Gasteiger partial charge in [-0.25, -0.2) is 4.98 Å². The number of halogens is 3. The van der Waals surface area contributed by atoms with Crippen molar-refractivity contribution in [3.63, 3.8) is 0 Å². The number of aromatic nitrogens is 1. The number of carbonyl (C=O) groups excluding carboxylic acids is 1. The molecule has 2 aromatic rings. The van der Waals surface area contributed by atoms with Gasteiger partial charge in [-0.15, -0.1) is 47.5 Å². The van der Waals surface area contributed by atoms with E-state index < -0.39 is 0 Å². The summed E-state index contributed by atoms with van der Waals surface area (Å²) in [5, 5.41) is 6.09. The molecule has 1 amide bonds. The van der Waals surface area contributed by atoms with Crippen molar-refractivity contribution in [1.29, 1.82) is 0 Å². The molecule has 4 nitrogen and oxygen atoms in total. The van der Waals surface area contributed by atoms with Gasteiger partial charge in [-0.1, -0.05) is 18.5 Å². The summed E-state index contributed by atoms with van der Waals surface area (Å²) in [5.74, 6) is 0.0592. The number of thiazole rings is 1. The molecule has 0 saturated carbocycles. The Kier molecular flexibility index (Phi) is 9.70. The summed E-state index contributed by atoms with van der Waals surface area (Å²) in [4.78, 5) is 20.5. The van der Waals surface area contributed by atoms with Crippen LogP contribution in [0.5, 0.6) is 0 Å². The van der Waals surface area contributed by atoms with Crippen LogP contribution in [0.1, 0.15) is 36.7 Å². The number of thiophene rings is 1. The standard InChI is InChI=1S/C16H20ClN3OS2.2ClH/c1-2-9-20(11-5-7-18-8-6-11)16(21)12-10-22-15(19-12)13-3-4-14(17)23-13;;/h3-4,10-11,18H,2,5-9H2,1H3;2*1H. The number of rotatable bonds is 5. The summed E-state index contributed by atoms with van der Waals surface area (Å²) in [6.07, 6.45) is 3.00. The fraction of sp³-hybridized carbons (Fsp3) is 0.500.